The summed E-state index contributed by atoms with van der Waals surface area (Å²) in [4.78, 5) is 24.1. The number of aryl methyl sites for hydroxylation is 1. The van der Waals surface area contributed by atoms with Gasteiger partial charge in [0, 0.05) is 24.7 Å². The highest BCUT2D eigenvalue weighted by molar-refractivity contribution is 5.95. The lowest BCUT2D eigenvalue weighted by atomic mass is 10.1. The van der Waals surface area contributed by atoms with Crippen LogP contribution in [0.15, 0.2) is 48.8 Å². The van der Waals surface area contributed by atoms with Gasteiger partial charge < -0.3 is 10.6 Å². The quantitative estimate of drug-likeness (QED) is 0.721. The normalized spacial score (nSPS) is 10.4. The van der Waals surface area contributed by atoms with Gasteiger partial charge in [-0.3, -0.25) is 9.59 Å². The number of nitrogens with one attached hydrogen (secondary N) is 2. The van der Waals surface area contributed by atoms with Gasteiger partial charge in [-0.2, -0.15) is 0 Å². The van der Waals surface area contributed by atoms with Gasteiger partial charge >= 0.3 is 0 Å². The zero-order chi connectivity index (χ0) is 18.5. The Morgan fingerprint density at radius 3 is 2.58 bits per heavy atom. The van der Waals surface area contributed by atoms with Gasteiger partial charge in [-0.25, -0.2) is 4.68 Å². The van der Waals surface area contributed by atoms with Crippen LogP contribution in [-0.4, -0.2) is 39.1 Å². The number of nitrogens with zero attached hydrogens (tertiary/aromatic N) is 4. The third kappa shape index (κ3) is 3.75. The molecule has 0 aliphatic carbocycles. The first-order valence-electron chi connectivity index (χ1n) is 8.01. The third-order valence-corrected chi connectivity index (χ3v) is 3.92. The van der Waals surface area contributed by atoms with E-state index in [1.165, 1.54) is 6.33 Å². The van der Waals surface area contributed by atoms with E-state index < -0.39 is 0 Å². The van der Waals surface area contributed by atoms with Crippen LogP contribution in [0.1, 0.15) is 31.8 Å². The van der Waals surface area contributed by atoms with Crippen molar-refractivity contribution in [3.63, 3.8) is 0 Å². The molecular formula is C18H18N6O2. The summed E-state index contributed by atoms with van der Waals surface area (Å²) < 4.78 is 1.54. The van der Waals surface area contributed by atoms with Crippen LogP contribution in [0.3, 0.4) is 0 Å². The molecule has 0 fully saturated rings. The molecule has 1 aromatic heterocycles. The van der Waals surface area contributed by atoms with Crippen molar-refractivity contribution < 1.29 is 9.59 Å². The van der Waals surface area contributed by atoms with E-state index >= 15 is 0 Å². The molecule has 3 aromatic rings. The van der Waals surface area contributed by atoms with E-state index in [-0.39, 0.29) is 11.8 Å². The Morgan fingerprint density at radius 2 is 1.88 bits per heavy atom. The van der Waals surface area contributed by atoms with E-state index in [1.54, 1.807) is 48.1 Å². The van der Waals surface area contributed by atoms with Crippen LogP contribution in [-0.2, 0) is 6.54 Å². The van der Waals surface area contributed by atoms with Crippen molar-refractivity contribution in [2.45, 2.75) is 13.5 Å². The van der Waals surface area contributed by atoms with Gasteiger partial charge in [0.05, 0.1) is 5.69 Å². The monoisotopic (exact) mass is 350 g/mol. The number of carbonyl (C=O) groups excluding carboxylic acids is 2. The van der Waals surface area contributed by atoms with Crippen LogP contribution in [0, 0.1) is 6.92 Å². The molecule has 0 saturated heterocycles. The van der Waals surface area contributed by atoms with Crippen molar-refractivity contribution >= 4 is 11.8 Å². The summed E-state index contributed by atoms with van der Waals surface area (Å²) in [5, 5.41) is 16.5. The molecule has 0 aliphatic rings. The van der Waals surface area contributed by atoms with E-state index in [1.807, 2.05) is 13.0 Å². The predicted molar refractivity (Wildman–Crippen MR) is 94.9 cm³/mol. The Balaban J connectivity index is 1.69. The summed E-state index contributed by atoms with van der Waals surface area (Å²) in [7, 11) is 1.58. The van der Waals surface area contributed by atoms with E-state index in [4.69, 9.17) is 0 Å². The smallest absolute Gasteiger partial charge is 0.251 e. The lowest BCUT2D eigenvalue weighted by molar-refractivity contribution is 0.0948. The second-order valence-corrected chi connectivity index (χ2v) is 5.72. The van der Waals surface area contributed by atoms with Crippen LogP contribution in [0.25, 0.3) is 5.69 Å². The lowest BCUT2D eigenvalue weighted by Crippen LogP contribution is -2.23. The fourth-order valence-electron chi connectivity index (χ4n) is 2.58. The summed E-state index contributed by atoms with van der Waals surface area (Å²) in [5.41, 5.74) is 3.64. The number of rotatable bonds is 5. The largest absolute Gasteiger partial charge is 0.355 e. The summed E-state index contributed by atoms with van der Waals surface area (Å²) in [6.45, 7) is 2.22. The molecule has 0 unspecified atom stereocenters. The van der Waals surface area contributed by atoms with Crippen molar-refractivity contribution in [2.75, 3.05) is 7.05 Å². The van der Waals surface area contributed by atoms with Crippen LogP contribution in [0.5, 0.6) is 0 Å². The molecule has 132 valence electrons. The topological polar surface area (TPSA) is 102 Å². The Labute approximate surface area is 150 Å². The number of tetrazole rings is 1. The van der Waals surface area contributed by atoms with Gasteiger partial charge in [0.25, 0.3) is 11.8 Å². The Hall–Kier alpha value is -3.55. The standard InChI is InChI=1S/C18H18N6O2/c1-12-8-15(6-7-16(12)24-11-21-22-23-24)18(26)20-10-13-4-3-5-14(9-13)17(25)19-2/h3-9,11H,10H2,1-2H3,(H,19,25)(H,20,26). The molecule has 0 atom stereocenters. The van der Waals surface area contributed by atoms with Gasteiger partial charge in [-0.15, -0.1) is 5.10 Å². The molecule has 0 radical (unpaired) electrons. The van der Waals surface area contributed by atoms with Crippen LogP contribution >= 0.6 is 0 Å². The minimum absolute atomic E-state index is 0.160. The summed E-state index contributed by atoms with van der Waals surface area (Å²) in [6.07, 6.45) is 1.50. The van der Waals surface area contributed by atoms with Crippen molar-refractivity contribution in [1.29, 1.82) is 0 Å². The molecule has 0 spiro atoms. The fourth-order valence-corrected chi connectivity index (χ4v) is 2.58. The van der Waals surface area contributed by atoms with Crippen LogP contribution in [0.4, 0.5) is 0 Å². The number of amides is 2. The Kier molecular flexibility index (Phi) is 5.02. The Morgan fingerprint density at radius 1 is 1.08 bits per heavy atom. The zero-order valence-corrected chi connectivity index (χ0v) is 14.4. The molecule has 0 bridgehead atoms. The molecule has 0 aliphatic heterocycles. The third-order valence-electron chi connectivity index (χ3n) is 3.92. The molecular weight excluding hydrogens is 332 g/mol. The average Bonchev–Trinajstić information content (AvgIpc) is 3.20. The van der Waals surface area contributed by atoms with Crippen molar-refractivity contribution in [1.82, 2.24) is 30.8 Å². The van der Waals surface area contributed by atoms with Crippen molar-refractivity contribution in [3.05, 3.63) is 71.0 Å². The van der Waals surface area contributed by atoms with Gasteiger partial charge in [-0.05, 0) is 58.8 Å². The highest BCUT2D eigenvalue weighted by Crippen LogP contribution is 2.14. The first kappa shape index (κ1) is 17.3. The van der Waals surface area contributed by atoms with E-state index in [0.29, 0.717) is 17.7 Å². The summed E-state index contributed by atoms with van der Waals surface area (Å²) in [6, 6.07) is 12.4. The predicted octanol–water partition coefficient (Wildman–Crippen LogP) is 1.26. The van der Waals surface area contributed by atoms with Crippen molar-refractivity contribution in [2.24, 2.45) is 0 Å². The maximum atomic E-state index is 12.4. The average molecular weight is 350 g/mol. The highest BCUT2D eigenvalue weighted by atomic mass is 16.2. The number of hydrogen-bond acceptors (Lipinski definition) is 5. The van der Waals surface area contributed by atoms with Crippen LogP contribution < -0.4 is 10.6 Å². The minimum atomic E-state index is -0.193. The number of hydrogen-bond donors (Lipinski definition) is 2. The minimum Gasteiger partial charge on any atom is -0.355 e. The summed E-state index contributed by atoms with van der Waals surface area (Å²) >= 11 is 0. The van der Waals surface area contributed by atoms with Crippen molar-refractivity contribution in [3.8, 4) is 5.69 Å². The zero-order valence-electron chi connectivity index (χ0n) is 14.4. The maximum Gasteiger partial charge on any atom is 0.251 e. The second-order valence-electron chi connectivity index (χ2n) is 5.72. The maximum absolute atomic E-state index is 12.4. The van der Waals surface area contributed by atoms with Gasteiger partial charge in [0.2, 0.25) is 0 Å². The van der Waals surface area contributed by atoms with Crippen LogP contribution in [0.2, 0.25) is 0 Å². The van der Waals surface area contributed by atoms with E-state index in [0.717, 1.165) is 16.8 Å². The van der Waals surface area contributed by atoms with Gasteiger partial charge in [-0.1, -0.05) is 12.1 Å². The highest BCUT2D eigenvalue weighted by Gasteiger charge is 2.10. The number of carbonyl (C=O) groups is 2. The molecule has 26 heavy (non-hydrogen) atoms. The Bertz CT molecular complexity index is 937. The van der Waals surface area contributed by atoms with Gasteiger partial charge in [0.1, 0.15) is 6.33 Å². The summed E-state index contributed by atoms with van der Waals surface area (Å²) in [5.74, 6) is -0.353. The SMILES string of the molecule is CNC(=O)c1cccc(CNC(=O)c2ccc(-n3cnnn3)c(C)c2)c1. The fraction of sp³-hybridized carbons (Fsp3) is 0.167. The molecule has 8 nitrogen and oxygen atoms in total. The molecule has 2 aromatic carbocycles. The molecule has 0 saturated carbocycles. The number of benzene rings is 2. The second kappa shape index (κ2) is 7.56. The molecule has 2 N–H and O–H groups in total. The first-order valence-corrected chi connectivity index (χ1v) is 8.01. The van der Waals surface area contributed by atoms with E-state index in [2.05, 4.69) is 26.2 Å². The molecule has 8 heteroatoms. The molecule has 3 rings (SSSR count). The van der Waals surface area contributed by atoms with E-state index in [9.17, 15) is 9.59 Å². The number of aromatic nitrogens is 4. The first-order chi connectivity index (χ1) is 12.6. The molecule has 1 heterocycles. The molecule has 2 amide bonds. The lowest BCUT2D eigenvalue weighted by Gasteiger charge is -2.09. The van der Waals surface area contributed by atoms with Gasteiger partial charge in [0.15, 0.2) is 0 Å².